The van der Waals surface area contributed by atoms with Crippen LogP contribution in [0.1, 0.15) is 30.8 Å². The van der Waals surface area contributed by atoms with Crippen LogP contribution in [0, 0.1) is 5.92 Å². The summed E-state index contributed by atoms with van der Waals surface area (Å²) >= 11 is 0. The average Bonchev–Trinajstić information content (AvgIpc) is 2.31. The first kappa shape index (κ1) is 12.3. The van der Waals surface area contributed by atoms with Gasteiger partial charge in [0.25, 0.3) is 0 Å². The lowest BCUT2D eigenvalue weighted by molar-refractivity contribution is -0.146. The zero-order valence-corrected chi connectivity index (χ0v) is 9.34. The molecule has 0 N–H and O–H groups in total. The molecule has 0 amide bonds. The molecule has 0 aliphatic carbocycles. The van der Waals surface area contributed by atoms with E-state index < -0.39 is 11.9 Å². The van der Waals surface area contributed by atoms with Gasteiger partial charge >= 0.3 is 5.97 Å². The molecule has 1 unspecified atom stereocenters. The second kappa shape index (κ2) is 5.95. The van der Waals surface area contributed by atoms with Gasteiger partial charge in [-0.05, 0) is 13.3 Å². The molecular formula is C11H14N2O3. The van der Waals surface area contributed by atoms with Crippen LogP contribution in [0.15, 0.2) is 18.6 Å². The van der Waals surface area contributed by atoms with Crippen molar-refractivity contribution in [1.29, 1.82) is 0 Å². The summed E-state index contributed by atoms with van der Waals surface area (Å²) in [4.78, 5) is 31.0. The number of ketones is 1. The maximum atomic E-state index is 11.9. The second-order valence-corrected chi connectivity index (χ2v) is 3.17. The Bertz CT molecular complexity index is 365. The van der Waals surface area contributed by atoms with Crippen molar-refractivity contribution in [3.63, 3.8) is 0 Å². The Morgan fingerprint density at radius 1 is 1.38 bits per heavy atom. The van der Waals surface area contributed by atoms with E-state index in [1.54, 1.807) is 13.8 Å². The normalized spacial score (nSPS) is 11.9. The third-order valence-corrected chi connectivity index (χ3v) is 2.11. The molecule has 0 aliphatic heterocycles. The third-order valence-electron chi connectivity index (χ3n) is 2.11. The Kier molecular flexibility index (Phi) is 4.57. The molecule has 1 aromatic rings. The van der Waals surface area contributed by atoms with Crippen LogP contribution in [-0.2, 0) is 9.53 Å². The summed E-state index contributed by atoms with van der Waals surface area (Å²) in [6.45, 7) is 3.73. The molecule has 0 saturated carbocycles. The molecule has 1 aromatic heterocycles. The van der Waals surface area contributed by atoms with Crippen molar-refractivity contribution < 1.29 is 14.3 Å². The summed E-state index contributed by atoms with van der Waals surface area (Å²) in [6, 6.07) is 0. The fourth-order valence-electron chi connectivity index (χ4n) is 1.31. The van der Waals surface area contributed by atoms with Gasteiger partial charge in [-0.3, -0.25) is 14.6 Å². The van der Waals surface area contributed by atoms with E-state index in [2.05, 4.69) is 9.97 Å². The van der Waals surface area contributed by atoms with Crippen LogP contribution in [0.3, 0.4) is 0 Å². The van der Waals surface area contributed by atoms with Gasteiger partial charge in [0.2, 0.25) is 0 Å². The number of rotatable bonds is 5. The van der Waals surface area contributed by atoms with Gasteiger partial charge in [-0.15, -0.1) is 0 Å². The van der Waals surface area contributed by atoms with Crippen molar-refractivity contribution in [2.75, 3.05) is 6.61 Å². The molecule has 86 valence electrons. The Labute approximate surface area is 93.9 Å². The molecule has 0 aromatic carbocycles. The standard InChI is InChI=1S/C11H14N2O3/c1-3-8(11(15)16-4-2)10(14)9-7-12-5-6-13-9/h5-8H,3-4H2,1-2H3. The zero-order chi connectivity index (χ0) is 12.0. The molecule has 1 rings (SSSR count). The minimum Gasteiger partial charge on any atom is -0.465 e. The highest BCUT2D eigenvalue weighted by Gasteiger charge is 2.27. The number of Topliss-reactive ketones (excluding diaryl/α,β-unsaturated/α-hetero) is 1. The van der Waals surface area contributed by atoms with E-state index in [9.17, 15) is 9.59 Å². The number of carbonyl (C=O) groups is 2. The minimum absolute atomic E-state index is 0.197. The first-order valence-electron chi connectivity index (χ1n) is 5.17. The predicted octanol–water partition coefficient (Wildman–Crippen LogP) is 1.25. The number of esters is 1. The Balaban J connectivity index is 2.82. The van der Waals surface area contributed by atoms with Gasteiger partial charge in [0.05, 0.1) is 12.8 Å². The molecule has 1 heterocycles. The van der Waals surface area contributed by atoms with Crippen molar-refractivity contribution >= 4 is 11.8 Å². The number of hydrogen-bond acceptors (Lipinski definition) is 5. The van der Waals surface area contributed by atoms with Crippen LogP contribution in [0.4, 0.5) is 0 Å². The fourth-order valence-corrected chi connectivity index (χ4v) is 1.31. The topological polar surface area (TPSA) is 69.2 Å². The largest absolute Gasteiger partial charge is 0.465 e. The van der Waals surface area contributed by atoms with Crippen molar-refractivity contribution in [3.05, 3.63) is 24.3 Å². The number of hydrogen-bond donors (Lipinski definition) is 0. The molecule has 0 saturated heterocycles. The monoisotopic (exact) mass is 222 g/mol. The highest BCUT2D eigenvalue weighted by Crippen LogP contribution is 2.11. The van der Waals surface area contributed by atoms with Gasteiger partial charge in [-0.1, -0.05) is 6.92 Å². The molecule has 5 nitrogen and oxygen atoms in total. The highest BCUT2D eigenvalue weighted by molar-refractivity contribution is 6.07. The van der Waals surface area contributed by atoms with E-state index in [-0.39, 0.29) is 18.1 Å². The molecular weight excluding hydrogens is 208 g/mol. The Morgan fingerprint density at radius 2 is 2.12 bits per heavy atom. The molecule has 0 aliphatic rings. The summed E-state index contributed by atoms with van der Waals surface area (Å²) in [7, 11) is 0. The predicted molar refractivity (Wildman–Crippen MR) is 56.8 cm³/mol. The van der Waals surface area contributed by atoms with Crippen LogP contribution in [0.2, 0.25) is 0 Å². The van der Waals surface area contributed by atoms with Crippen LogP contribution in [0.5, 0.6) is 0 Å². The van der Waals surface area contributed by atoms with Gasteiger partial charge < -0.3 is 4.74 Å². The van der Waals surface area contributed by atoms with E-state index in [1.165, 1.54) is 18.6 Å². The fraction of sp³-hybridized carbons (Fsp3) is 0.455. The lowest BCUT2D eigenvalue weighted by atomic mass is 9.99. The van der Waals surface area contributed by atoms with E-state index in [1.807, 2.05) is 0 Å². The molecule has 1 atom stereocenters. The van der Waals surface area contributed by atoms with Crippen molar-refractivity contribution in [1.82, 2.24) is 9.97 Å². The number of aromatic nitrogens is 2. The number of carbonyl (C=O) groups excluding carboxylic acids is 2. The van der Waals surface area contributed by atoms with Crippen molar-refractivity contribution in [2.24, 2.45) is 5.92 Å². The smallest absolute Gasteiger partial charge is 0.316 e. The summed E-state index contributed by atoms with van der Waals surface area (Å²) in [5, 5.41) is 0. The van der Waals surface area contributed by atoms with E-state index in [4.69, 9.17) is 4.74 Å². The van der Waals surface area contributed by atoms with Crippen LogP contribution >= 0.6 is 0 Å². The number of ether oxygens (including phenoxy) is 1. The van der Waals surface area contributed by atoms with Crippen molar-refractivity contribution in [2.45, 2.75) is 20.3 Å². The highest BCUT2D eigenvalue weighted by atomic mass is 16.5. The maximum absolute atomic E-state index is 11.9. The molecule has 0 bridgehead atoms. The van der Waals surface area contributed by atoms with Gasteiger partial charge in [0.1, 0.15) is 11.6 Å². The molecule has 0 radical (unpaired) electrons. The maximum Gasteiger partial charge on any atom is 0.316 e. The summed E-state index contributed by atoms with van der Waals surface area (Å²) < 4.78 is 4.83. The molecule has 5 heteroatoms. The van der Waals surface area contributed by atoms with Gasteiger partial charge in [0.15, 0.2) is 5.78 Å². The average molecular weight is 222 g/mol. The first-order chi connectivity index (χ1) is 7.70. The summed E-state index contributed by atoms with van der Waals surface area (Å²) in [6.07, 6.45) is 4.64. The Hall–Kier alpha value is -1.78. The third kappa shape index (κ3) is 2.85. The molecule has 16 heavy (non-hydrogen) atoms. The quantitative estimate of drug-likeness (QED) is 0.426. The van der Waals surface area contributed by atoms with E-state index in [0.29, 0.717) is 6.42 Å². The van der Waals surface area contributed by atoms with Crippen molar-refractivity contribution in [3.8, 4) is 0 Å². The summed E-state index contributed by atoms with van der Waals surface area (Å²) in [5.74, 6) is -1.62. The van der Waals surface area contributed by atoms with Crippen LogP contribution in [-0.4, -0.2) is 28.3 Å². The van der Waals surface area contributed by atoms with Gasteiger partial charge in [-0.25, -0.2) is 4.98 Å². The second-order valence-electron chi connectivity index (χ2n) is 3.17. The van der Waals surface area contributed by atoms with Gasteiger partial charge in [0, 0.05) is 12.4 Å². The lowest BCUT2D eigenvalue weighted by Gasteiger charge is -2.11. The van der Waals surface area contributed by atoms with Crippen LogP contribution < -0.4 is 0 Å². The SMILES string of the molecule is CCOC(=O)C(CC)C(=O)c1cnccn1. The van der Waals surface area contributed by atoms with Gasteiger partial charge in [-0.2, -0.15) is 0 Å². The van der Waals surface area contributed by atoms with E-state index >= 15 is 0 Å². The summed E-state index contributed by atoms with van der Waals surface area (Å²) in [5.41, 5.74) is 0.197. The zero-order valence-electron chi connectivity index (χ0n) is 9.34. The number of nitrogens with zero attached hydrogens (tertiary/aromatic N) is 2. The Morgan fingerprint density at radius 3 is 2.62 bits per heavy atom. The van der Waals surface area contributed by atoms with E-state index in [0.717, 1.165) is 0 Å². The molecule has 0 spiro atoms. The van der Waals surface area contributed by atoms with Crippen LogP contribution in [0.25, 0.3) is 0 Å². The first-order valence-corrected chi connectivity index (χ1v) is 5.17. The minimum atomic E-state index is -0.781. The molecule has 0 fully saturated rings. The lowest BCUT2D eigenvalue weighted by Crippen LogP contribution is -2.26.